The van der Waals surface area contributed by atoms with Gasteiger partial charge in [-0.05, 0) is 19.2 Å². The Morgan fingerprint density at radius 2 is 2.06 bits per heavy atom. The maximum Gasteiger partial charge on any atom is 0.284 e. The molecule has 0 atom stereocenters. The molecule has 17 heavy (non-hydrogen) atoms. The molecule has 6 nitrogen and oxygen atoms in total. The maximum absolute atomic E-state index is 11.9. The number of hydrogen-bond donors (Lipinski definition) is 2. The minimum atomic E-state index is -0.207. The van der Waals surface area contributed by atoms with Crippen LogP contribution in [0.1, 0.15) is 10.5 Å². The molecular formula is C11H17N5O. The molecule has 1 aromatic heterocycles. The number of rotatable bonds is 2. The van der Waals surface area contributed by atoms with E-state index < -0.39 is 0 Å². The van der Waals surface area contributed by atoms with Crippen LogP contribution < -0.4 is 11.2 Å². The number of carbonyl (C=O) groups excluding carboxylic acids is 1. The van der Waals surface area contributed by atoms with Gasteiger partial charge in [-0.3, -0.25) is 10.2 Å². The topological polar surface area (TPSA) is 74.5 Å². The number of nitrogen functional groups attached to an aromatic ring is 1. The van der Waals surface area contributed by atoms with Gasteiger partial charge in [0.05, 0.1) is 0 Å². The lowest BCUT2D eigenvalue weighted by Crippen LogP contribution is -2.52. The maximum atomic E-state index is 11.9. The number of piperazine rings is 1. The van der Waals surface area contributed by atoms with E-state index >= 15 is 0 Å². The zero-order valence-corrected chi connectivity index (χ0v) is 9.89. The average molecular weight is 235 g/mol. The third-order valence-corrected chi connectivity index (χ3v) is 2.77. The third kappa shape index (κ3) is 3.15. The second kappa shape index (κ2) is 5.11. The van der Waals surface area contributed by atoms with Gasteiger partial charge in [0.15, 0.2) is 0 Å². The first kappa shape index (κ1) is 11.8. The quantitative estimate of drug-likeness (QED) is 0.726. The second-order valence-electron chi connectivity index (χ2n) is 4.18. The van der Waals surface area contributed by atoms with Crippen molar-refractivity contribution in [3.05, 3.63) is 23.9 Å². The molecule has 2 heterocycles. The normalized spacial score (nSPS) is 17.9. The lowest BCUT2D eigenvalue weighted by atomic mass is 10.3. The molecule has 0 saturated carbocycles. The van der Waals surface area contributed by atoms with Crippen LogP contribution in [0.25, 0.3) is 0 Å². The molecule has 0 unspecified atom stereocenters. The minimum Gasteiger partial charge on any atom is -0.384 e. The third-order valence-electron chi connectivity index (χ3n) is 2.77. The SMILES string of the molecule is CN1CCN(NC(=O)c2cccc(N)n2)CC1. The minimum absolute atomic E-state index is 0.207. The molecule has 0 aliphatic carbocycles. The molecule has 1 aliphatic rings. The molecule has 92 valence electrons. The Hall–Kier alpha value is -1.66. The molecule has 0 radical (unpaired) electrons. The van der Waals surface area contributed by atoms with E-state index in [4.69, 9.17) is 5.73 Å². The van der Waals surface area contributed by atoms with E-state index in [2.05, 4.69) is 22.4 Å². The van der Waals surface area contributed by atoms with Crippen molar-refractivity contribution in [3.8, 4) is 0 Å². The van der Waals surface area contributed by atoms with Gasteiger partial charge in [-0.25, -0.2) is 9.99 Å². The van der Waals surface area contributed by atoms with Crippen LogP contribution >= 0.6 is 0 Å². The van der Waals surface area contributed by atoms with Gasteiger partial charge >= 0.3 is 0 Å². The Morgan fingerprint density at radius 3 is 2.71 bits per heavy atom. The molecule has 1 aliphatic heterocycles. The number of anilines is 1. The summed E-state index contributed by atoms with van der Waals surface area (Å²) in [6.07, 6.45) is 0. The fraction of sp³-hybridized carbons (Fsp3) is 0.455. The van der Waals surface area contributed by atoms with Crippen molar-refractivity contribution >= 4 is 11.7 Å². The molecule has 1 fully saturated rings. The summed E-state index contributed by atoms with van der Waals surface area (Å²) in [6.45, 7) is 3.55. The summed E-state index contributed by atoms with van der Waals surface area (Å²) in [6, 6.07) is 5.04. The number of aromatic nitrogens is 1. The highest BCUT2D eigenvalue weighted by molar-refractivity contribution is 5.92. The van der Waals surface area contributed by atoms with Gasteiger partial charge in [-0.1, -0.05) is 6.07 Å². The lowest BCUT2D eigenvalue weighted by Gasteiger charge is -2.32. The van der Waals surface area contributed by atoms with Crippen LogP contribution in [0.3, 0.4) is 0 Å². The summed E-state index contributed by atoms with van der Waals surface area (Å²) in [4.78, 5) is 18.1. The average Bonchev–Trinajstić information content (AvgIpc) is 2.32. The van der Waals surface area contributed by atoms with E-state index in [1.54, 1.807) is 18.2 Å². The van der Waals surface area contributed by atoms with E-state index in [-0.39, 0.29) is 5.91 Å². The summed E-state index contributed by atoms with van der Waals surface area (Å²) in [5.41, 5.74) is 8.72. The van der Waals surface area contributed by atoms with E-state index in [1.807, 2.05) is 5.01 Å². The van der Waals surface area contributed by atoms with Crippen molar-refractivity contribution in [3.63, 3.8) is 0 Å². The molecule has 3 N–H and O–H groups in total. The predicted octanol–water partition coefficient (Wildman–Crippen LogP) is -0.444. The molecule has 0 bridgehead atoms. The number of amides is 1. The van der Waals surface area contributed by atoms with Crippen molar-refractivity contribution in [1.29, 1.82) is 0 Å². The summed E-state index contributed by atoms with van der Waals surface area (Å²) in [7, 11) is 2.07. The van der Waals surface area contributed by atoms with Crippen LogP contribution in [0.4, 0.5) is 5.82 Å². The summed E-state index contributed by atoms with van der Waals surface area (Å²) in [5, 5.41) is 1.91. The van der Waals surface area contributed by atoms with Crippen molar-refractivity contribution in [2.75, 3.05) is 39.0 Å². The fourth-order valence-electron chi connectivity index (χ4n) is 1.70. The van der Waals surface area contributed by atoms with Gasteiger partial charge in [0.1, 0.15) is 11.5 Å². The zero-order valence-electron chi connectivity index (χ0n) is 9.89. The van der Waals surface area contributed by atoms with Crippen LogP contribution in [0.15, 0.2) is 18.2 Å². The van der Waals surface area contributed by atoms with Gasteiger partial charge < -0.3 is 10.6 Å². The summed E-state index contributed by atoms with van der Waals surface area (Å²) in [5.74, 6) is 0.151. The molecule has 0 aromatic carbocycles. The zero-order chi connectivity index (χ0) is 12.3. The smallest absolute Gasteiger partial charge is 0.284 e. The first-order chi connectivity index (χ1) is 8.15. The Bertz CT molecular complexity index is 401. The van der Waals surface area contributed by atoms with Crippen molar-refractivity contribution in [1.82, 2.24) is 20.3 Å². The Kier molecular flexibility index (Phi) is 3.55. The molecule has 1 aromatic rings. The predicted molar refractivity (Wildman–Crippen MR) is 65.2 cm³/mol. The van der Waals surface area contributed by atoms with Gasteiger partial charge in [-0.2, -0.15) is 0 Å². The van der Waals surface area contributed by atoms with Crippen LogP contribution in [-0.4, -0.2) is 54.0 Å². The number of nitrogens with two attached hydrogens (primary N) is 1. The lowest BCUT2D eigenvalue weighted by molar-refractivity contribution is 0.0658. The molecule has 1 saturated heterocycles. The molecule has 6 heteroatoms. The van der Waals surface area contributed by atoms with Crippen LogP contribution in [0.2, 0.25) is 0 Å². The standard InChI is InChI=1S/C11H17N5O/c1-15-5-7-16(8-6-15)14-11(17)9-3-2-4-10(12)13-9/h2-4H,5-8H2,1H3,(H2,12,13)(H,14,17). The number of hydrogen-bond acceptors (Lipinski definition) is 5. The van der Waals surface area contributed by atoms with Crippen molar-refractivity contribution < 1.29 is 4.79 Å². The van der Waals surface area contributed by atoms with Crippen molar-refractivity contribution in [2.24, 2.45) is 0 Å². The number of likely N-dealkylation sites (N-methyl/N-ethyl adjacent to an activating group) is 1. The molecular weight excluding hydrogens is 218 g/mol. The highest BCUT2D eigenvalue weighted by Crippen LogP contribution is 2.02. The number of nitrogens with one attached hydrogen (secondary N) is 1. The number of pyridine rings is 1. The number of carbonyl (C=O) groups is 1. The van der Waals surface area contributed by atoms with Gasteiger partial charge in [0.2, 0.25) is 0 Å². The van der Waals surface area contributed by atoms with E-state index in [1.165, 1.54) is 0 Å². The second-order valence-corrected chi connectivity index (χ2v) is 4.18. The Labute approximate surface area is 100 Å². The van der Waals surface area contributed by atoms with Crippen LogP contribution in [0.5, 0.6) is 0 Å². The number of nitrogens with zero attached hydrogens (tertiary/aromatic N) is 3. The molecule has 2 rings (SSSR count). The van der Waals surface area contributed by atoms with Crippen LogP contribution in [0, 0.1) is 0 Å². The van der Waals surface area contributed by atoms with E-state index in [0.29, 0.717) is 11.5 Å². The Morgan fingerprint density at radius 1 is 1.35 bits per heavy atom. The van der Waals surface area contributed by atoms with Gasteiger partial charge in [0, 0.05) is 26.2 Å². The molecule has 1 amide bonds. The fourth-order valence-corrected chi connectivity index (χ4v) is 1.70. The first-order valence-electron chi connectivity index (χ1n) is 5.62. The highest BCUT2D eigenvalue weighted by Gasteiger charge is 2.17. The highest BCUT2D eigenvalue weighted by atomic mass is 16.2. The van der Waals surface area contributed by atoms with E-state index in [9.17, 15) is 4.79 Å². The summed E-state index contributed by atoms with van der Waals surface area (Å²) < 4.78 is 0. The van der Waals surface area contributed by atoms with Crippen molar-refractivity contribution in [2.45, 2.75) is 0 Å². The van der Waals surface area contributed by atoms with E-state index in [0.717, 1.165) is 26.2 Å². The van der Waals surface area contributed by atoms with Crippen LogP contribution in [-0.2, 0) is 0 Å². The summed E-state index contributed by atoms with van der Waals surface area (Å²) >= 11 is 0. The van der Waals surface area contributed by atoms with Gasteiger partial charge in [-0.15, -0.1) is 0 Å². The largest absolute Gasteiger partial charge is 0.384 e. The Balaban J connectivity index is 1.93. The van der Waals surface area contributed by atoms with Gasteiger partial charge in [0.25, 0.3) is 5.91 Å². The molecule has 0 spiro atoms. The number of hydrazine groups is 1. The first-order valence-corrected chi connectivity index (χ1v) is 5.62. The monoisotopic (exact) mass is 235 g/mol.